The van der Waals surface area contributed by atoms with E-state index in [1.54, 1.807) is 19.2 Å². The standard InChI is InChI=1S/C23H29N3O7/c1-5-19(23(28)24-6-2)25(14-16-7-9-17(31-3)10-8-16)22(27)15-33-18-11-12-20(26(29)30)21(13-18)32-4/h7-13,19H,5-6,14-15H2,1-4H3,(H,24,28). The Morgan fingerprint density at radius 3 is 2.27 bits per heavy atom. The maximum Gasteiger partial charge on any atom is 0.311 e. The van der Waals surface area contributed by atoms with E-state index in [9.17, 15) is 19.7 Å². The average molecular weight is 459 g/mol. The average Bonchev–Trinajstić information content (AvgIpc) is 2.82. The number of benzene rings is 2. The topological polar surface area (TPSA) is 120 Å². The number of hydrogen-bond donors (Lipinski definition) is 1. The van der Waals surface area contributed by atoms with E-state index in [1.807, 2.05) is 26.0 Å². The number of hydrogen-bond acceptors (Lipinski definition) is 7. The van der Waals surface area contributed by atoms with E-state index in [0.29, 0.717) is 18.7 Å². The van der Waals surface area contributed by atoms with Crippen LogP contribution < -0.4 is 19.5 Å². The van der Waals surface area contributed by atoms with Crippen molar-refractivity contribution in [2.24, 2.45) is 0 Å². The van der Waals surface area contributed by atoms with Crippen molar-refractivity contribution in [3.63, 3.8) is 0 Å². The Labute approximate surface area is 192 Å². The normalized spacial score (nSPS) is 11.3. The fourth-order valence-corrected chi connectivity index (χ4v) is 3.27. The van der Waals surface area contributed by atoms with E-state index in [-0.39, 0.29) is 36.2 Å². The molecule has 2 aromatic carbocycles. The number of methoxy groups -OCH3 is 2. The molecule has 0 aliphatic heterocycles. The summed E-state index contributed by atoms with van der Waals surface area (Å²) in [6.45, 7) is 3.93. The summed E-state index contributed by atoms with van der Waals surface area (Å²) >= 11 is 0. The summed E-state index contributed by atoms with van der Waals surface area (Å²) < 4.78 is 15.8. The molecule has 2 rings (SSSR count). The Bertz CT molecular complexity index is 963. The molecule has 33 heavy (non-hydrogen) atoms. The molecule has 1 atom stereocenters. The van der Waals surface area contributed by atoms with Crippen molar-refractivity contribution in [2.75, 3.05) is 27.4 Å². The van der Waals surface area contributed by atoms with Crippen LogP contribution in [-0.4, -0.2) is 55.1 Å². The van der Waals surface area contributed by atoms with Gasteiger partial charge in [0.25, 0.3) is 5.91 Å². The molecule has 1 unspecified atom stereocenters. The van der Waals surface area contributed by atoms with Crippen molar-refractivity contribution in [3.8, 4) is 17.2 Å². The largest absolute Gasteiger partial charge is 0.497 e. The third-order valence-electron chi connectivity index (χ3n) is 4.96. The fraction of sp³-hybridized carbons (Fsp3) is 0.391. The Hall–Kier alpha value is -3.82. The maximum absolute atomic E-state index is 13.1. The molecule has 0 spiro atoms. The highest BCUT2D eigenvalue weighted by Gasteiger charge is 2.29. The molecule has 178 valence electrons. The quantitative estimate of drug-likeness (QED) is 0.383. The first-order valence-corrected chi connectivity index (χ1v) is 10.5. The van der Waals surface area contributed by atoms with Gasteiger partial charge in [-0.3, -0.25) is 19.7 Å². The van der Waals surface area contributed by atoms with E-state index in [4.69, 9.17) is 14.2 Å². The summed E-state index contributed by atoms with van der Waals surface area (Å²) in [4.78, 5) is 37.7. The van der Waals surface area contributed by atoms with Crippen LogP contribution in [0.5, 0.6) is 17.2 Å². The number of nitrogens with one attached hydrogen (secondary N) is 1. The van der Waals surface area contributed by atoms with Gasteiger partial charge in [0.2, 0.25) is 11.7 Å². The molecule has 0 aliphatic rings. The van der Waals surface area contributed by atoms with Crippen molar-refractivity contribution in [2.45, 2.75) is 32.9 Å². The smallest absolute Gasteiger partial charge is 0.311 e. The van der Waals surface area contributed by atoms with Crippen LogP contribution in [0.25, 0.3) is 0 Å². The Morgan fingerprint density at radius 2 is 1.73 bits per heavy atom. The fourth-order valence-electron chi connectivity index (χ4n) is 3.27. The Morgan fingerprint density at radius 1 is 1.06 bits per heavy atom. The molecule has 0 aromatic heterocycles. The van der Waals surface area contributed by atoms with Gasteiger partial charge in [0.15, 0.2) is 6.61 Å². The van der Waals surface area contributed by atoms with E-state index in [1.165, 1.54) is 30.2 Å². The highest BCUT2D eigenvalue weighted by Crippen LogP contribution is 2.30. The van der Waals surface area contributed by atoms with Crippen LogP contribution >= 0.6 is 0 Å². The van der Waals surface area contributed by atoms with Gasteiger partial charge in [-0.1, -0.05) is 19.1 Å². The number of carbonyl (C=O) groups is 2. The SMILES string of the molecule is CCNC(=O)C(CC)N(Cc1ccc(OC)cc1)C(=O)COc1ccc([N+](=O)[O-])c(OC)c1. The van der Waals surface area contributed by atoms with Crippen LogP contribution in [0.3, 0.4) is 0 Å². The van der Waals surface area contributed by atoms with Gasteiger partial charge in [0.1, 0.15) is 17.5 Å². The van der Waals surface area contributed by atoms with Gasteiger partial charge in [0, 0.05) is 25.2 Å². The van der Waals surface area contributed by atoms with Crippen LogP contribution in [-0.2, 0) is 16.1 Å². The second-order valence-corrected chi connectivity index (χ2v) is 7.07. The van der Waals surface area contributed by atoms with E-state index >= 15 is 0 Å². The summed E-state index contributed by atoms with van der Waals surface area (Å²) in [6, 6.07) is 10.5. The van der Waals surface area contributed by atoms with Crippen molar-refractivity contribution in [3.05, 3.63) is 58.1 Å². The number of nitro benzene ring substituents is 1. The second kappa shape index (κ2) is 12.3. The zero-order valence-electron chi connectivity index (χ0n) is 19.2. The predicted molar refractivity (Wildman–Crippen MR) is 121 cm³/mol. The van der Waals surface area contributed by atoms with Gasteiger partial charge in [-0.05, 0) is 37.1 Å². The second-order valence-electron chi connectivity index (χ2n) is 7.07. The molecule has 0 bridgehead atoms. The van der Waals surface area contributed by atoms with Crippen LogP contribution in [0.15, 0.2) is 42.5 Å². The Balaban J connectivity index is 2.22. The van der Waals surface area contributed by atoms with Gasteiger partial charge < -0.3 is 24.4 Å². The molecule has 2 amide bonds. The molecule has 0 radical (unpaired) electrons. The molecule has 2 aromatic rings. The third-order valence-corrected chi connectivity index (χ3v) is 4.96. The summed E-state index contributed by atoms with van der Waals surface area (Å²) in [6.07, 6.45) is 0.416. The van der Waals surface area contributed by atoms with Crippen LogP contribution in [0, 0.1) is 10.1 Å². The summed E-state index contributed by atoms with van der Waals surface area (Å²) in [5.74, 6) is 0.290. The summed E-state index contributed by atoms with van der Waals surface area (Å²) in [5, 5.41) is 13.8. The van der Waals surface area contributed by atoms with Gasteiger partial charge in [-0.2, -0.15) is 0 Å². The monoisotopic (exact) mass is 459 g/mol. The molecule has 0 fully saturated rings. The molecule has 0 saturated heterocycles. The van der Waals surface area contributed by atoms with Crippen LogP contribution in [0.1, 0.15) is 25.8 Å². The van der Waals surface area contributed by atoms with Crippen LogP contribution in [0.2, 0.25) is 0 Å². The first kappa shape index (κ1) is 25.4. The minimum Gasteiger partial charge on any atom is -0.497 e. The molecular formula is C23H29N3O7. The minimum absolute atomic E-state index is 0.0220. The van der Waals surface area contributed by atoms with Gasteiger partial charge in [-0.25, -0.2) is 0 Å². The van der Waals surface area contributed by atoms with Gasteiger partial charge >= 0.3 is 5.69 Å². The number of nitro groups is 1. The lowest BCUT2D eigenvalue weighted by molar-refractivity contribution is -0.385. The highest BCUT2D eigenvalue weighted by molar-refractivity contribution is 5.88. The predicted octanol–water partition coefficient (Wildman–Crippen LogP) is 2.93. The minimum atomic E-state index is -0.686. The van der Waals surface area contributed by atoms with E-state index in [2.05, 4.69) is 5.32 Å². The van der Waals surface area contributed by atoms with Gasteiger partial charge in [0.05, 0.1) is 19.1 Å². The van der Waals surface area contributed by atoms with Crippen molar-refractivity contribution >= 4 is 17.5 Å². The molecule has 0 saturated carbocycles. The molecule has 0 aliphatic carbocycles. The molecule has 0 heterocycles. The zero-order chi connectivity index (χ0) is 24.4. The maximum atomic E-state index is 13.1. The van der Waals surface area contributed by atoms with E-state index < -0.39 is 16.9 Å². The number of likely N-dealkylation sites (N-methyl/N-ethyl adjacent to an activating group) is 1. The van der Waals surface area contributed by atoms with Crippen LogP contribution in [0.4, 0.5) is 5.69 Å². The molecule has 1 N–H and O–H groups in total. The molecule has 10 heteroatoms. The first-order valence-electron chi connectivity index (χ1n) is 10.5. The lowest BCUT2D eigenvalue weighted by Gasteiger charge is -2.30. The molecular weight excluding hydrogens is 430 g/mol. The lowest BCUT2D eigenvalue weighted by Crippen LogP contribution is -2.50. The van der Waals surface area contributed by atoms with Crippen molar-refractivity contribution < 1.29 is 28.7 Å². The van der Waals surface area contributed by atoms with Crippen molar-refractivity contribution in [1.29, 1.82) is 0 Å². The summed E-state index contributed by atoms with van der Waals surface area (Å²) in [7, 11) is 2.88. The highest BCUT2D eigenvalue weighted by atomic mass is 16.6. The lowest BCUT2D eigenvalue weighted by atomic mass is 10.1. The first-order chi connectivity index (χ1) is 15.8. The Kier molecular flexibility index (Phi) is 9.46. The number of amides is 2. The summed E-state index contributed by atoms with van der Waals surface area (Å²) in [5.41, 5.74) is 0.614. The third kappa shape index (κ3) is 6.83. The van der Waals surface area contributed by atoms with Gasteiger partial charge in [-0.15, -0.1) is 0 Å². The zero-order valence-corrected chi connectivity index (χ0v) is 19.2. The number of carbonyl (C=O) groups excluding carboxylic acids is 2. The van der Waals surface area contributed by atoms with Crippen molar-refractivity contribution in [1.82, 2.24) is 10.2 Å². The number of nitrogens with zero attached hydrogens (tertiary/aromatic N) is 2. The number of ether oxygens (including phenoxy) is 3. The molecule has 10 nitrogen and oxygen atoms in total. The van der Waals surface area contributed by atoms with E-state index in [0.717, 1.165) is 5.56 Å². The number of rotatable bonds is 12.